The van der Waals surface area contributed by atoms with Crippen LogP contribution < -0.4 is 9.47 Å². The normalized spacial score (nSPS) is 10.6. The van der Waals surface area contributed by atoms with Crippen LogP contribution in [0.15, 0.2) is 58.2 Å². The van der Waals surface area contributed by atoms with Crippen LogP contribution in [0.3, 0.4) is 0 Å². The number of benzene rings is 2. The van der Waals surface area contributed by atoms with Gasteiger partial charge in [-0.25, -0.2) is 0 Å². The van der Waals surface area contributed by atoms with Crippen molar-refractivity contribution in [1.82, 2.24) is 10.2 Å². The van der Waals surface area contributed by atoms with Crippen molar-refractivity contribution < 1.29 is 13.9 Å². The molecule has 3 rings (SSSR count). The van der Waals surface area contributed by atoms with Crippen molar-refractivity contribution in [3.05, 3.63) is 54.1 Å². The maximum absolute atomic E-state index is 5.77. The molecule has 0 saturated heterocycles. The van der Waals surface area contributed by atoms with Crippen molar-refractivity contribution in [2.45, 2.75) is 18.6 Å². The minimum absolute atomic E-state index is 0.482. The lowest BCUT2D eigenvalue weighted by Gasteiger charge is -2.06. The number of methoxy groups -OCH3 is 1. The number of hydrogen-bond acceptors (Lipinski definition) is 6. The molecule has 0 unspecified atom stereocenters. The molecular formula is C19H20N2O3S. The Morgan fingerprint density at radius 2 is 1.84 bits per heavy atom. The molecule has 3 aromatic rings. The minimum Gasteiger partial charge on any atom is -0.497 e. The van der Waals surface area contributed by atoms with Crippen LogP contribution in [0.25, 0.3) is 11.5 Å². The van der Waals surface area contributed by atoms with E-state index >= 15 is 0 Å². The van der Waals surface area contributed by atoms with Crippen LogP contribution in [-0.4, -0.2) is 29.7 Å². The van der Waals surface area contributed by atoms with Crippen LogP contribution in [0, 0.1) is 0 Å². The molecule has 5 nitrogen and oxygen atoms in total. The van der Waals surface area contributed by atoms with Crippen LogP contribution >= 0.6 is 11.8 Å². The van der Waals surface area contributed by atoms with E-state index in [4.69, 9.17) is 13.9 Å². The summed E-state index contributed by atoms with van der Waals surface area (Å²) in [6, 6.07) is 15.7. The quantitative estimate of drug-likeness (QED) is 0.555. The van der Waals surface area contributed by atoms with Gasteiger partial charge in [0.25, 0.3) is 11.1 Å². The van der Waals surface area contributed by atoms with Gasteiger partial charge in [0.1, 0.15) is 11.5 Å². The van der Waals surface area contributed by atoms with Crippen molar-refractivity contribution in [3.63, 3.8) is 0 Å². The predicted molar refractivity (Wildman–Crippen MR) is 98.3 cm³/mol. The van der Waals surface area contributed by atoms with E-state index in [0.717, 1.165) is 29.2 Å². The average molecular weight is 356 g/mol. The fourth-order valence-electron chi connectivity index (χ4n) is 2.35. The Kier molecular flexibility index (Phi) is 5.95. The molecule has 0 saturated carbocycles. The van der Waals surface area contributed by atoms with Gasteiger partial charge in [-0.15, -0.1) is 10.2 Å². The Labute approximate surface area is 151 Å². The molecule has 0 amide bonds. The lowest BCUT2D eigenvalue weighted by atomic mass is 10.2. The van der Waals surface area contributed by atoms with Gasteiger partial charge in [0.05, 0.1) is 19.3 Å². The molecule has 2 aromatic carbocycles. The zero-order valence-electron chi connectivity index (χ0n) is 14.3. The highest BCUT2D eigenvalue weighted by molar-refractivity contribution is 7.99. The molecule has 0 aliphatic heterocycles. The number of rotatable bonds is 8. The Morgan fingerprint density at radius 1 is 1.04 bits per heavy atom. The largest absolute Gasteiger partial charge is 0.497 e. The summed E-state index contributed by atoms with van der Waals surface area (Å²) in [4.78, 5) is 0. The number of aryl methyl sites for hydroxylation is 1. The molecule has 0 fully saturated rings. The highest BCUT2D eigenvalue weighted by atomic mass is 32.2. The molecule has 0 atom stereocenters. The predicted octanol–water partition coefficient (Wildman–Crippen LogP) is 4.48. The fourth-order valence-corrected chi connectivity index (χ4v) is 3.10. The molecule has 1 heterocycles. The monoisotopic (exact) mass is 356 g/mol. The van der Waals surface area contributed by atoms with Gasteiger partial charge >= 0.3 is 0 Å². The van der Waals surface area contributed by atoms with Crippen molar-refractivity contribution in [1.29, 1.82) is 0 Å². The number of aromatic nitrogens is 2. The highest BCUT2D eigenvalue weighted by Crippen LogP contribution is 2.30. The first-order chi connectivity index (χ1) is 12.3. The SMILES string of the molecule is CCOc1ccccc1-c1nnc(SCCc2ccc(OC)cc2)o1. The summed E-state index contributed by atoms with van der Waals surface area (Å²) in [6.45, 7) is 2.54. The molecule has 0 N–H and O–H groups in total. The molecule has 0 spiro atoms. The van der Waals surface area contributed by atoms with Gasteiger partial charge < -0.3 is 13.9 Å². The van der Waals surface area contributed by atoms with Crippen LogP contribution in [0.5, 0.6) is 11.5 Å². The first kappa shape index (κ1) is 17.4. The van der Waals surface area contributed by atoms with Gasteiger partial charge in [0.2, 0.25) is 0 Å². The van der Waals surface area contributed by atoms with Gasteiger partial charge in [0.15, 0.2) is 0 Å². The van der Waals surface area contributed by atoms with E-state index in [9.17, 15) is 0 Å². The fraction of sp³-hybridized carbons (Fsp3) is 0.263. The zero-order chi connectivity index (χ0) is 17.5. The van der Waals surface area contributed by atoms with Gasteiger partial charge in [-0.05, 0) is 43.2 Å². The summed E-state index contributed by atoms with van der Waals surface area (Å²) in [7, 11) is 1.67. The topological polar surface area (TPSA) is 57.4 Å². The summed E-state index contributed by atoms with van der Waals surface area (Å²) >= 11 is 1.55. The summed E-state index contributed by atoms with van der Waals surface area (Å²) in [5.41, 5.74) is 2.06. The van der Waals surface area contributed by atoms with Crippen molar-refractivity contribution >= 4 is 11.8 Å². The number of thioether (sulfide) groups is 1. The maximum atomic E-state index is 5.77. The third-order valence-electron chi connectivity index (χ3n) is 3.60. The third kappa shape index (κ3) is 4.54. The molecular weight excluding hydrogens is 336 g/mol. The lowest BCUT2D eigenvalue weighted by Crippen LogP contribution is -1.93. The summed E-state index contributed by atoms with van der Waals surface area (Å²) < 4.78 is 16.6. The Hall–Kier alpha value is -2.47. The number of nitrogens with zero attached hydrogens (tertiary/aromatic N) is 2. The average Bonchev–Trinajstić information content (AvgIpc) is 3.12. The molecule has 6 heteroatoms. The van der Waals surface area contributed by atoms with Crippen molar-refractivity contribution in [2.75, 3.05) is 19.5 Å². The van der Waals surface area contributed by atoms with Crippen LogP contribution in [0.2, 0.25) is 0 Å². The van der Waals surface area contributed by atoms with E-state index in [2.05, 4.69) is 22.3 Å². The van der Waals surface area contributed by atoms with Gasteiger partial charge in [-0.2, -0.15) is 0 Å². The lowest BCUT2D eigenvalue weighted by molar-refractivity contribution is 0.340. The maximum Gasteiger partial charge on any atom is 0.276 e. The first-order valence-corrected chi connectivity index (χ1v) is 9.10. The van der Waals surface area contributed by atoms with E-state index in [1.165, 1.54) is 5.56 Å². The number of hydrogen-bond donors (Lipinski definition) is 0. The van der Waals surface area contributed by atoms with Gasteiger partial charge in [0, 0.05) is 5.75 Å². The number of para-hydroxylation sites is 1. The van der Waals surface area contributed by atoms with E-state index in [-0.39, 0.29) is 0 Å². The van der Waals surface area contributed by atoms with E-state index in [0.29, 0.717) is 17.7 Å². The second kappa shape index (κ2) is 8.58. The summed E-state index contributed by atoms with van der Waals surface area (Å²) in [5, 5.41) is 8.83. The Morgan fingerprint density at radius 3 is 2.60 bits per heavy atom. The molecule has 0 aliphatic rings. The molecule has 0 radical (unpaired) electrons. The molecule has 0 aliphatic carbocycles. The summed E-state index contributed by atoms with van der Waals surface area (Å²) in [6.07, 6.45) is 0.919. The number of ether oxygens (including phenoxy) is 2. The van der Waals surface area contributed by atoms with Crippen LogP contribution in [-0.2, 0) is 6.42 Å². The van der Waals surface area contributed by atoms with Crippen molar-refractivity contribution in [3.8, 4) is 23.0 Å². The highest BCUT2D eigenvalue weighted by Gasteiger charge is 2.13. The first-order valence-electron chi connectivity index (χ1n) is 8.11. The molecule has 0 bridgehead atoms. The molecule has 25 heavy (non-hydrogen) atoms. The second-order valence-electron chi connectivity index (χ2n) is 5.25. The van der Waals surface area contributed by atoms with E-state index in [1.807, 2.05) is 43.3 Å². The smallest absolute Gasteiger partial charge is 0.276 e. The Bertz CT molecular complexity index is 802. The summed E-state index contributed by atoms with van der Waals surface area (Å²) in [5.74, 6) is 2.96. The molecule has 130 valence electrons. The van der Waals surface area contributed by atoms with Gasteiger partial charge in [-0.1, -0.05) is 36.0 Å². The Balaban J connectivity index is 1.60. The van der Waals surface area contributed by atoms with Gasteiger partial charge in [-0.3, -0.25) is 0 Å². The standard InChI is InChI=1S/C19H20N2O3S/c1-3-23-17-7-5-4-6-16(17)18-20-21-19(24-18)25-13-12-14-8-10-15(22-2)11-9-14/h4-11H,3,12-13H2,1-2H3. The van der Waals surface area contributed by atoms with Crippen LogP contribution in [0.4, 0.5) is 0 Å². The third-order valence-corrected chi connectivity index (χ3v) is 4.42. The van der Waals surface area contributed by atoms with Crippen LogP contribution in [0.1, 0.15) is 12.5 Å². The molecule has 1 aromatic heterocycles. The zero-order valence-corrected chi connectivity index (χ0v) is 15.1. The second-order valence-corrected chi connectivity index (χ2v) is 6.29. The van der Waals surface area contributed by atoms with E-state index in [1.54, 1.807) is 18.9 Å². The van der Waals surface area contributed by atoms with E-state index < -0.39 is 0 Å². The minimum atomic E-state index is 0.482. The van der Waals surface area contributed by atoms with Crippen molar-refractivity contribution in [2.24, 2.45) is 0 Å².